The Morgan fingerprint density at radius 2 is 1.88 bits per heavy atom. The normalized spacial score (nSPS) is 17.1. The Balaban J connectivity index is 1.90. The van der Waals surface area contributed by atoms with Crippen LogP contribution < -0.4 is 4.90 Å². The van der Waals surface area contributed by atoms with Gasteiger partial charge < -0.3 is 4.90 Å². The van der Waals surface area contributed by atoms with Crippen molar-refractivity contribution in [2.24, 2.45) is 7.05 Å². The summed E-state index contributed by atoms with van der Waals surface area (Å²) in [6.45, 7) is 2.76. The number of hydrogen-bond acceptors (Lipinski definition) is 7. The highest BCUT2D eigenvalue weighted by atomic mass is 32.2. The molecule has 0 aromatic carbocycles. The van der Waals surface area contributed by atoms with Crippen LogP contribution in [0, 0.1) is 6.92 Å². The minimum absolute atomic E-state index is 0.136. The van der Waals surface area contributed by atoms with Gasteiger partial charge in [0.25, 0.3) is 0 Å². The van der Waals surface area contributed by atoms with E-state index in [0.29, 0.717) is 24.6 Å². The second-order valence-corrected chi connectivity index (χ2v) is 8.44. The first-order chi connectivity index (χ1) is 11.9. The van der Waals surface area contributed by atoms with E-state index in [0.717, 1.165) is 22.5 Å². The molecule has 0 N–H and O–H groups in total. The average molecular weight is 358 g/mol. The van der Waals surface area contributed by atoms with Crippen LogP contribution in [0.3, 0.4) is 0 Å². The average Bonchev–Trinajstić information content (AvgIpc) is 2.89. The van der Waals surface area contributed by atoms with Crippen LogP contribution in [0.15, 0.2) is 24.4 Å². The number of hydrogen-bond donors (Lipinski definition) is 0. The quantitative estimate of drug-likeness (QED) is 0.674. The topological polar surface area (TPSA) is 93.9 Å². The molecule has 8 nitrogen and oxygen atoms in total. The molecule has 0 radical (unpaired) electrons. The highest BCUT2D eigenvalue weighted by Crippen LogP contribution is 2.30. The zero-order valence-electron chi connectivity index (χ0n) is 14.0. The van der Waals surface area contributed by atoms with Crippen LogP contribution >= 0.6 is 0 Å². The van der Waals surface area contributed by atoms with Crippen molar-refractivity contribution in [3.63, 3.8) is 0 Å². The fraction of sp³-hybridized carbons (Fsp3) is 0.375. The van der Waals surface area contributed by atoms with Crippen molar-refractivity contribution in [3.05, 3.63) is 30.1 Å². The van der Waals surface area contributed by atoms with Crippen LogP contribution in [0.25, 0.3) is 22.6 Å². The van der Waals surface area contributed by atoms with Gasteiger partial charge in [-0.25, -0.2) is 18.4 Å². The minimum atomic E-state index is -2.96. The van der Waals surface area contributed by atoms with E-state index in [1.807, 2.05) is 37.1 Å². The zero-order valence-corrected chi connectivity index (χ0v) is 14.9. The van der Waals surface area contributed by atoms with Crippen molar-refractivity contribution in [1.82, 2.24) is 24.7 Å². The summed E-state index contributed by atoms with van der Waals surface area (Å²) in [7, 11) is -1.12. The van der Waals surface area contributed by atoms with Crippen molar-refractivity contribution in [3.8, 4) is 11.5 Å². The number of aryl methyl sites for hydroxylation is 2. The molecule has 130 valence electrons. The summed E-state index contributed by atoms with van der Waals surface area (Å²) in [6, 6.07) is 5.58. The van der Waals surface area contributed by atoms with Crippen molar-refractivity contribution in [2.45, 2.75) is 6.92 Å². The summed E-state index contributed by atoms with van der Waals surface area (Å²) in [5.74, 6) is 1.51. The third-order valence-corrected chi connectivity index (χ3v) is 5.99. The van der Waals surface area contributed by atoms with Crippen LogP contribution in [0.4, 0.5) is 5.82 Å². The molecule has 0 spiro atoms. The molecule has 25 heavy (non-hydrogen) atoms. The molecule has 9 heteroatoms. The van der Waals surface area contributed by atoms with E-state index >= 15 is 0 Å². The number of pyridine rings is 1. The summed E-state index contributed by atoms with van der Waals surface area (Å²) >= 11 is 0. The zero-order chi connectivity index (χ0) is 17.6. The molecule has 4 rings (SSSR count). The molecule has 0 unspecified atom stereocenters. The molecule has 1 aliphatic heterocycles. The predicted octanol–water partition coefficient (Wildman–Crippen LogP) is 0.969. The van der Waals surface area contributed by atoms with Gasteiger partial charge in [0.15, 0.2) is 21.3 Å². The Bertz CT molecular complexity index is 1030. The number of fused-ring (bicyclic) bond motifs is 1. The molecule has 1 fully saturated rings. The van der Waals surface area contributed by atoms with E-state index in [1.54, 1.807) is 10.9 Å². The molecule has 3 aromatic rings. The second kappa shape index (κ2) is 5.76. The lowest BCUT2D eigenvalue weighted by molar-refractivity contribution is 0.586. The van der Waals surface area contributed by atoms with Crippen LogP contribution in [-0.4, -0.2) is 57.7 Å². The summed E-state index contributed by atoms with van der Waals surface area (Å²) < 4.78 is 25.3. The summed E-state index contributed by atoms with van der Waals surface area (Å²) in [5, 5.41) is 5.32. The first-order valence-corrected chi connectivity index (χ1v) is 9.85. The van der Waals surface area contributed by atoms with Gasteiger partial charge in [-0.1, -0.05) is 6.07 Å². The second-order valence-electron chi connectivity index (χ2n) is 6.13. The number of anilines is 1. The van der Waals surface area contributed by atoms with Crippen LogP contribution in [0.2, 0.25) is 0 Å². The van der Waals surface area contributed by atoms with E-state index in [1.165, 1.54) is 0 Å². The van der Waals surface area contributed by atoms with E-state index in [-0.39, 0.29) is 11.5 Å². The Kier molecular flexibility index (Phi) is 3.68. The van der Waals surface area contributed by atoms with Gasteiger partial charge in [0.05, 0.1) is 22.6 Å². The van der Waals surface area contributed by atoms with Crippen molar-refractivity contribution >= 4 is 26.7 Å². The first kappa shape index (κ1) is 15.9. The maximum Gasteiger partial charge on any atom is 0.182 e. The lowest BCUT2D eigenvalue weighted by atomic mass is 10.2. The summed E-state index contributed by atoms with van der Waals surface area (Å²) in [5.41, 5.74) is 2.22. The number of rotatable bonds is 2. The lowest BCUT2D eigenvalue weighted by Gasteiger charge is -2.28. The van der Waals surface area contributed by atoms with E-state index in [4.69, 9.17) is 4.98 Å². The largest absolute Gasteiger partial charge is 0.354 e. The molecular weight excluding hydrogens is 340 g/mol. The molecule has 0 atom stereocenters. The van der Waals surface area contributed by atoms with Gasteiger partial charge in [-0.05, 0) is 19.1 Å². The molecule has 1 aliphatic rings. The third-order valence-electron chi connectivity index (χ3n) is 4.38. The van der Waals surface area contributed by atoms with Crippen LogP contribution in [0.1, 0.15) is 5.69 Å². The Morgan fingerprint density at radius 3 is 2.56 bits per heavy atom. The number of nitrogens with zero attached hydrogens (tertiary/aromatic N) is 6. The Hall–Kier alpha value is -2.55. The number of aromatic nitrogens is 5. The van der Waals surface area contributed by atoms with Crippen molar-refractivity contribution in [2.75, 3.05) is 29.5 Å². The number of sulfone groups is 1. The highest BCUT2D eigenvalue weighted by Gasteiger charge is 2.26. The Morgan fingerprint density at radius 1 is 1.12 bits per heavy atom. The molecular formula is C16H18N6O2S. The molecule has 0 bridgehead atoms. The van der Waals surface area contributed by atoms with Gasteiger partial charge in [-0.2, -0.15) is 5.10 Å². The molecule has 4 heterocycles. The fourth-order valence-corrected chi connectivity index (χ4v) is 4.28. The molecule has 0 saturated carbocycles. The molecule has 3 aromatic heterocycles. The van der Waals surface area contributed by atoms with Gasteiger partial charge in [0.2, 0.25) is 0 Å². The van der Waals surface area contributed by atoms with E-state index in [2.05, 4.69) is 15.1 Å². The van der Waals surface area contributed by atoms with Gasteiger partial charge in [-0.3, -0.25) is 9.67 Å². The smallest absolute Gasteiger partial charge is 0.182 e. The third kappa shape index (κ3) is 2.84. The lowest BCUT2D eigenvalue weighted by Crippen LogP contribution is -2.40. The van der Waals surface area contributed by atoms with E-state index in [9.17, 15) is 8.42 Å². The Labute approximate surface area is 145 Å². The van der Waals surface area contributed by atoms with Crippen molar-refractivity contribution in [1.29, 1.82) is 0 Å². The maximum atomic E-state index is 11.8. The molecule has 1 saturated heterocycles. The summed E-state index contributed by atoms with van der Waals surface area (Å²) in [4.78, 5) is 15.7. The maximum absolute atomic E-state index is 11.8. The van der Waals surface area contributed by atoms with Crippen molar-refractivity contribution < 1.29 is 8.42 Å². The highest BCUT2D eigenvalue weighted by molar-refractivity contribution is 7.91. The minimum Gasteiger partial charge on any atom is -0.354 e. The van der Waals surface area contributed by atoms with Crippen LogP contribution in [-0.2, 0) is 16.9 Å². The standard InChI is InChI=1S/C16H18N6O2S/c1-11-13-15(21(2)20-11)18-14(12-5-3-4-6-17-12)19-16(13)22-7-9-25(23,24)10-8-22/h3-6H,7-10H2,1-2H3. The summed E-state index contributed by atoms with van der Waals surface area (Å²) in [6.07, 6.45) is 1.70. The van der Waals surface area contributed by atoms with Gasteiger partial charge in [0.1, 0.15) is 11.5 Å². The van der Waals surface area contributed by atoms with Gasteiger partial charge >= 0.3 is 0 Å². The van der Waals surface area contributed by atoms with Gasteiger partial charge in [0, 0.05) is 26.3 Å². The van der Waals surface area contributed by atoms with Crippen LogP contribution in [0.5, 0.6) is 0 Å². The molecule has 0 amide bonds. The first-order valence-electron chi connectivity index (χ1n) is 8.03. The van der Waals surface area contributed by atoms with E-state index < -0.39 is 9.84 Å². The fourth-order valence-electron chi connectivity index (χ4n) is 3.08. The SMILES string of the molecule is Cc1nn(C)c2nc(-c3ccccn3)nc(N3CCS(=O)(=O)CC3)c12. The molecule has 0 aliphatic carbocycles. The monoisotopic (exact) mass is 358 g/mol. The van der Waals surface area contributed by atoms with Gasteiger partial charge in [-0.15, -0.1) is 0 Å². The predicted molar refractivity (Wildman–Crippen MR) is 95.1 cm³/mol.